The molecule has 1 fully saturated rings. The molecule has 0 unspecified atom stereocenters. The smallest absolute Gasteiger partial charge is 0.0487 e. The molecule has 92 valence electrons. The van der Waals surface area contributed by atoms with Crippen LogP contribution in [0, 0.1) is 0 Å². The lowest BCUT2D eigenvalue weighted by atomic mass is 10.1. The number of para-hydroxylation sites is 1. The van der Waals surface area contributed by atoms with Crippen LogP contribution in [0.15, 0.2) is 53.0 Å². The molecule has 2 heteroatoms. The highest BCUT2D eigenvalue weighted by molar-refractivity contribution is 9.10. The van der Waals surface area contributed by atoms with E-state index in [-0.39, 0.29) is 0 Å². The Balaban J connectivity index is 1.69. The highest BCUT2D eigenvalue weighted by Crippen LogP contribution is 2.40. The van der Waals surface area contributed by atoms with E-state index in [0.29, 0.717) is 0 Å². The normalized spacial score (nSPS) is 14.5. The summed E-state index contributed by atoms with van der Waals surface area (Å²) >= 11 is 3.56. The fraction of sp³-hybridized carbons (Fsp3) is 0.250. The monoisotopic (exact) mass is 301 g/mol. The number of halogens is 1. The number of hydrogen-bond acceptors (Lipinski definition) is 1. The van der Waals surface area contributed by atoms with Crippen molar-refractivity contribution in [3.8, 4) is 0 Å². The van der Waals surface area contributed by atoms with E-state index in [1.54, 1.807) is 0 Å². The van der Waals surface area contributed by atoms with Crippen molar-refractivity contribution in [3.63, 3.8) is 0 Å². The Hall–Kier alpha value is -1.28. The van der Waals surface area contributed by atoms with Gasteiger partial charge in [-0.1, -0.05) is 36.4 Å². The summed E-state index contributed by atoms with van der Waals surface area (Å²) in [5.41, 5.74) is 4.01. The van der Waals surface area contributed by atoms with Gasteiger partial charge in [-0.3, -0.25) is 0 Å². The fourth-order valence-electron chi connectivity index (χ4n) is 2.18. The summed E-state index contributed by atoms with van der Waals surface area (Å²) < 4.78 is 1.11. The van der Waals surface area contributed by atoms with E-state index in [2.05, 4.69) is 57.6 Å². The zero-order valence-corrected chi connectivity index (χ0v) is 11.8. The SMILES string of the molecule is Brc1ccccc1NCc1cccc(C2CC2)c1. The predicted octanol–water partition coefficient (Wildman–Crippen LogP) is 4.94. The van der Waals surface area contributed by atoms with Crippen molar-refractivity contribution < 1.29 is 0 Å². The minimum Gasteiger partial charge on any atom is -0.380 e. The highest BCUT2D eigenvalue weighted by atomic mass is 79.9. The van der Waals surface area contributed by atoms with E-state index in [1.165, 1.54) is 24.0 Å². The van der Waals surface area contributed by atoms with E-state index in [9.17, 15) is 0 Å². The van der Waals surface area contributed by atoms with Crippen LogP contribution in [0.3, 0.4) is 0 Å². The lowest BCUT2D eigenvalue weighted by molar-refractivity contribution is 1.08. The lowest BCUT2D eigenvalue weighted by Gasteiger charge is -2.09. The van der Waals surface area contributed by atoms with E-state index < -0.39 is 0 Å². The Morgan fingerprint density at radius 2 is 1.89 bits per heavy atom. The second-order valence-electron chi connectivity index (χ2n) is 4.85. The first-order valence-electron chi connectivity index (χ1n) is 6.40. The summed E-state index contributed by atoms with van der Waals surface area (Å²) in [4.78, 5) is 0. The molecule has 2 aromatic rings. The third kappa shape index (κ3) is 2.75. The van der Waals surface area contributed by atoms with Crippen LogP contribution in [0.4, 0.5) is 5.69 Å². The molecule has 0 aliphatic heterocycles. The summed E-state index contributed by atoms with van der Waals surface area (Å²) in [6, 6.07) is 17.2. The Morgan fingerprint density at radius 3 is 2.67 bits per heavy atom. The van der Waals surface area contributed by atoms with E-state index in [4.69, 9.17) is 0 Å². The van der Waals surface area contributed by atoms with Crippen molar-refractivity contribution in [2.45, 2.75) is 25.3 Å². The standard InChI is InChI=1S/C16H16BrN/c17-15-6-1-2-7-16(15)18-11-12-4-3-5-14(10-12)13-8-9-13/h1-7,10,13,18H,8-9,11H2. The molecule has 0 aromatic heterocycles. The summed E-state index contributed by atoms with van der Waals surface area (Å²) in [6.07, 6.45) is 2.72. The quantitative estimate of drug-likeness (QED) is 0.843. The molecule has 1 aliphatic rings. The van der Waals surface area contributed by atoms with Gasteiger partial charge in [0.15, 0.2) is 0 Å². The average Bonchev–Trinajstić information content (AvgIpc) is 3.23. The molecule has 0 amide bonds. The van der Waals surface area contributed by atoms with Crippen LogP contribution in [0.1, 0.15) is 29.9 Å². The second kappa shape index (κ2) is 5.15. The summed E-state index contributed by atoms with van der Waals surface area (Å²) in [6.45, 7) is 0.878. The Morgan fingerprint density at radius 1 is 1.06 bits per heavy atom. The topological polar surface area (TPSA) is 12.0 Å². The molecule has 18 heavy (non-hydrogen) atoms. The van der Waals surface area contributed by atoms with E-state index >= 15 is 0 Å². The first kappa shape index (κ1) is 11.8. The molecule has 3 rings (SSSR count). The minimum atomic E-state index is 0.827. The Kier molecular flexibility index (Phi) is 3.37. The van der Waals surface area contributed by atoms with Gasteiger partial charge in [-0.2, -0.15) is 0 Å². The van der Waals surface area contributed by atoms with E-state index in [1.807, 2.05) is 12.1 Å². The molecule has 0 atom stereocenters. The van der Waals surface area contributed by atoms with Crippen LogP contribution in [-0.4, -0.2) is 0 Å². The van der Waals surface area contributed by atoms with Crippen molar-refractivity contribution in [1.29, 1.82) is 0 Å². The zero-order valence-electron chi connectivity index (χ0n) is 10.2. The third-order valence-corrected chi connectivity index (χ3v) is 4.05. The largest absolute Gasteiger partial charge is 0.380 e. The van der Waals surface area contributed by atoms with Gasteiger partial charge in [0, 0.05) is 16.7 Å². The molecule has 0 saturated heterocycles. The fourth-order valence-corrected chi connectivity index (χ4v) is 2.60. The van der Waals surface area contributed by atoms with E-state index in [0.717, 1.165) is 22.6 Å². The molecule has 1 saturated carbocycles. The van der Waals surface area contributed by atoms with Crippen molar-refractivity contribution in [3.05, 3.63) is 64.1 Å². The van der Waals surface area contributed by atoms with Gasteiger partial charge in [0.2, 0.25) is 0 Å². The second-order valence-corrected chi connectivity index (χ2v) is 5.71. The molecule has 1 aliphatic carbocycles. The van der Waals surface area contributed by atoms with Gasteiger partial charge in [-0.25, -0.2) is 0 Å². The third-order valence-electron chi connectivity index (χ3n) is 3.36. The van der Waals surface area contributed by atoms with Crippen LogP contribution in [-0.2, 0) is 6.54 Å². The maximum absolute atomic E-state index is 3.56. The van der Waals surface area contributed by atoms with Gasteiger partial charge in [0.05, 0.1) is 0 Å². The maximum Gasteiger partial charge on any atom is 0.0487 e. The number of benzene rings is 2. The number of anilines is 1. The van der Waals surface area contributed by atoms with Crippen molar-refractivity contribution in [2.24, 2.45) is 0 Å². The summed E-state index contributed by atoms with van der Waals surface area (Å²) in [7, 11) is 0. The Labute approximate surface area is 116 Å². The minimum absolute atomic E-state index is 0.827. The van der Waals surface area contributed by atoms with Crippen molar-refractivity contribution in [1.82, 2.24) is 0 Å². The van der Waals surface area contributed by atoms with Crippen molar-refractivity contribution in [2.75, 3.05) is 5.32 Å². The van der Waals surface area contributed by atoms with Crippen LogP contribution >= 0.6 is 15.9 Å². The van der Waals surface area contributed by atoms with Crippen molar-refractivity contribution >= 4 is 21.6 Å². The molecule has 0 radical (unpaired) electrons. The first-order chi connectivity index (χ1) is 8.83. The van der Waals surface area contributed by atoms with Crippen LogP contribution < -0.4 is 5.32 Å². The van der Waals surface area contributed by atoms with Gasteiger partial charge in [-0.15, -0.1) is 0 Å². The van der Waals surface area contributed by atoms with Gasteiger partial charge in [0.1, 0.15) is 0 Å². The molecular formula is C16H16BrN. The molecule has 1 nitrogen and oxygen atoms in total. The maximum atomic E-state index is 3.56. The van der Waals surface area contributed by atoms with Gasteiger partial charge < -0.3 is 5.32 Å². The van der Waals surface area contributed by atoms with Crippen LogP contribution in [0.25, 0.3) is 0 Å². The molecule has 0 spiro atoms. The first-order valence-corrected chi connectivity index (χ1v) is 7.19. The number of rotatable bonds is 4. The summed E-state index contributed by atoms with van der Waals surface area (Å²) in [5, 5.41) is 3.47. The van der Waals surface area contributed by atoms with Crippen LogP contribution in [0.2, 0.25) is 0 Å². The zero-order chi connectivity index (χ0) is 12.4. The van der Waals surface area contributed by atoms with Gasteiger partial charge >= 0.3 is 0 Å². The summed E-state index contributed by atoms with van der Waals surface area (Å²) in [5.74, 6) is 0.827. The van der Waals surface area contributed by atoms with Gasteiger partial charge in [0.25, 0.3) is 0 Å². The predicted molar refractivity (Wildman–Crippen MR) is 79.9 cm³/mol. The molecular weight excluding hydrogens is 286 g/mol. The van der Waals surface area contributed by atoms with Crippen LogP contribution in [0.5, 0.6) is 0 Å². The highest BCUT2D eigenvalue weighted by Gasteiger charge is 2.23. The lowest BCUT2D eigenvalue weighted by Crippen LogP contribution is -2.00. The molecule has 1 N–H and O–H groups in total. The molecule has 2 aromatic carbocycles. The number of hydrogen-bond donors (Lipinski definition) is 1. The average molecular weight is 302 g/mol. The molecule has 0 heterocycles. The Bertz CT molecular complexity index is 546. The molecule has 0 bridgehead atoms. The van der Waals surface area contributed by atoms with Gasteiger partial charge in [-0.05, 0) is 57.9 Å². The number of nitrogens with one attached hydrogen (secondary N) is 1.